The summed E-state index contributed by atoms with van der Waals surface area (Å²) in [4.78, 5) is 40.5. The van der Waals surface area contributed by atoms with E-state index in [-0.39, 0.29) is 13.1 Å². The Balaban J connectivity index is 2.69. The molecule has 0 atom stereocenters. The molecule has 0 aliphatic rings. The van der Waals surface area contributed by atoms with Crippen molar-refractivity contribution in [2.75, 3.05) is 13.6 Å². The number of benzene rings is 1. The number of rotatable bonds is 5. The van der Waals surface area contributed by atoms with E-state index in [1.807, 2.05) is 0 Å². The van der Waals surface area contributed by atoms with E-state index in [1.165, 1.54) is 0 Å². The predicted molar refractivity (Wildman–Crippen MR) is 87.0 cm³/mol. The number of carbonyl (C=O) groups is 1. The summed E-state index contributed by atoms with van der Waals surface area (Å²) in [6.07, 6.45) is 1.61. The highest BCUT2D eigenvalue weighted by Crippen LogP contribution is 2.28. The molecular formula is C14H14BrN3O4. The number of fused-ring (bicyclic) bond motifs is 1. The van der Waals surface area contributed by atoms with Crippen LogP contribution >= 0.6 is 15.9 Å². The van der Waals surface area contributed by atoms with Gasteiger partial charge in [-0.1, -0.05) is 28.6 Å². The van der Waals surface area contributed by atoms with Crippen LogP contribution in [0.3, 0.4) is 0 Å². The summed E-state index contributed by atoms with van der Waals surface area (Å²) >= 11 is 3.39. The van der Waals surface area contributed by atoms with Crippen LogP contribution in [0.2, 0.25) is 0 Å². The molecule has 0 saturated heterocycles. The van der Waals surface area contributed by atoms with Gasteiger partial charge in [-0.25, -0.2) is 0 Å². The van der Waals surface area contributed by atoms with Gasteiger partial charge in [-0.15, -0.1) is 0 Å². The van der Waals surface area contributed by atoms with E-state index in [9.17, 15) is 14.4 Å². The molecular weight excluding hydrogens is 354 g/mol. The number of hydrogen-bond donors (Lipinski definition) is 3. The third kappa shape index (κ3) is 3.18. The third-order valence-electron chi connectivity index (χ3n) is 3.15. The van der Waals surface area contributed by atoms with E-state index < -0.39 is 17.1 Å². The molecule has 0 saturated carbocycles. The number of carboxylic acids is 1. The maximum absolute atomic E-state index is 11.6. The normalized spacial score (nSPS) is 11.0. The Hall–Kier alpha value is -2.19. The van der Waals surface area contributed by atoms with Gasteiger partial charge in [0.05, 0.1) is 17.6 Å². The molecule has 1 aromatic heterocycles. The molecule has 0 bridgehead atoms. The van der Waals surface area contributed by atoms with Gasteiger partial charge in [-0.05, 0) is 18.7 Å². The molecule has 116 valence electrons. The minimum atomic E-state index is -0.955. The topological polar surface area (TPSA) is 106 Å². The van der Waals surface area contributed by atoms with Crippen LogP contribution in [0, 0.1) is 0 Å². The predicted octanol–water partition coefficient (Wildman–Crippen LogP) is 1.14. The number of halogens is 1. The lowest BCUT2D eigenvalue weighted by atomic mass is 10.0. The van der Waals surface area contributed by atoms with E-state index in [2.05, 4.69) is 32.5 Å². The molecule has 0 fully saturated rings. The highest BCUT2D eigenvalue weighted by molar-refractivity contribution is 9.10. The molecule has 0 unspecified atom stereocenters. The van der Waals surface area contributed by atoms with Crippen LogP contribution in [0.4, 0.5) is 0 Å². The smallest absolute Gasteiger partial charge is 0.317 e. The number of H-pyrrole nitrogens is 2. The molecule has 0 spiro atoms. The summed E-state index contributed by atoms with van der Waals surface area (Å²) in [6, 6.07) is 1.67. The van der Waals surface area contributed by atoms with Crippen LogP contribution in [-0.4, -0.2) is 39.5 Å². The minimum Gasteiger partial charge on any atom is -0.480 e. The first-order valence-electron chi connectivity index (χ1n) is 6.34. The average molecular weight is 368 g/mol. The number of nitrogens with one attached hydrogen (secondary N) is 2. The molecule has 8 heteroatoms. The van der Waals surface area contributed by atoms with E-state index in [1.54, 1.807) is 24.1 Å². The Bertz CT molecular complexity index is 869. The molecule has 0 aliphatic carbocycles. The molecule has 0 amide bonds. The molecule has 22 heavy (non-hydrogen) atoms. The fourth-order valence-corrected chi connectivity index (χ4v) is 2.88. The van der Waals surface area contributed by atoms with Crippen LogP contribution in [-0.2, 0) is 11.3 Å². The van der Waals surface area contributed by atoms with Crippen molar-refractivity contribution in [3.8, 4) is 0 Å². The van der Waals surface area contributed by atoms with Crippen LogP contribution in [0.1, 0.15) is 11.1 Å². The van der Waals surface area contributed by atoms with Crippen molar-refractivity contribution in [2.45, 2.75) is 6.54 Å². The number of aromatic nitrogens is 2. The Morgan fingerprint density at radius 2 is 2.05 bits per heavy atom. The molecule has 0 radical (unpaired) electrons. The van der Waals surface area contributed by atoms with E-state index in [0.717, 1.165) is 5.56 Å². The molecule has 1 heterocycles. The van der Waals surface area contributed by atoms with Gasteiger partial charge in [-0.3, -0.25) is 19.3 Å². The Labute approximate surface area is 133 Å². The SMILES string of the molecule is C=Cc1c(Br)cc2[nH]c(=O)c(=O)[nH]c2c1CN(C)CC(=O)O. The third-order valence-corrected chi connectivity index (χ3v) is 3.81. The maximum Gasteiger partial charge on any atom is 0.317 e. The minimum absolute atomic E-state index is 0.155. The summed E-state index contributed by atoms with van der Waals surface area (Å²) in [7, 11) is 1.65. The molecule has 2 rings (SSSR count). The fourth-order valence-electron chi connectivity index (χ4n) is 2.25. The number of carboxylic acid groups (broad SMARTS) is 1. The zero-order valence-electron chi connectivity index (χ0n) is 11.8. The van der Waals surface area contributed by atoms with Gasteiger partial charge in [0, 0.05) is 16.6 Å². The first-order valence-corrected chi connectivity index (χ1v) is 7.13. The van der Waals surface area contributed by atoms with Gasteiger partial charge in [0.1, 0.15) is 0 Å². The lowest BCUT2D eigenvalue weighted by Gasteiger charge is -2.18. The zero-order chi connectivity index (χ0) is 16.4. The largest absolute Gasteiger partial charge is 0.480 e. The first-order chi connectivity index (χ1) is 10.3. The lowest BCUT2D eigenvalue weighted by Crippen LogP contribution is -2.30. The van der Waals surface area contributed by atoms with Crippen molar-refractivity contribution in [1.82, 2.24) is 14.9 Å². The van der Waals surface area contributed by atoms with Crippen molar-refractivity contribution >= 4 is 39.0 Å². The van der Waals surface area contributed by atoms with E-state index >= 15 is 0 Å². The van der Waals surface area contributed by atoms with Gasteiger partial charge in [0.25, 0.3) is 0 Å². The number of nitrogens with zero attached hydrogens (tertiary/aromatic N) is 1. The van der Waals surface area contributed by atoms with E-state index in [0.29, 0.717) is 21.1 Å². The first kappa shape index (κ1) is 16.2. The van der Waals surface area contributed by atoms with Gasteiger partial charge in [-0.2, -0.15) is 0 Å². The zero-order valence-corrected chi connectivity index (χ0v) is 13.4. The molecule has 3 N–H and O–H groups in total. The van der Waals surface area contributed by atoms with Gasteiger partial charge >= 0.3 is 17.1 Å². The quantitative estimate of drug-likeness (QED) is 0.687. The second-order valence-electron chi connectivity index (χ2n) is 4.85. The number of aromatic amines is 2. The molecule has 1 aromatic carbocycles. The van der Waals surface area contributed by atoms with Gasteiger partial charge < -0.3 is 15.1 Å². The summed E-state index contributed by atoms with van der Waals surface area (Å²) in [5, 5.41) is 8.86. The molecule has 7 nitrogen and oxygen atoms in total. The van der Waals surface area contributed by atoms with Crippen molar-refractivity contribution in [3.63, 3.8) is 0 Å². The molecule has 0 aliphatic heterocycles. The summed E-state index contributed by atoms with van der Waals surface area (Å²) in [6.45, 7) is 3.85. The van der Waals surface area contributed by atoms with Crippen LogP contribution < -0.4 is 11.1 Å². The van der Waals surface area contributed by atoms with Crippen molar-refractivity contribution in [2.24, 2.45) is 0 Å². The van der Waals surface area contributed by atoms with Crippen LogP contribution in [0.25, 0.3) is 17.1 Å². The van der Waals surface area contributed by atoms with Crippen LogP contribution in [0.5, 0.6) is 0 Å². The monoisotopic (exact) mass is 367 g/mol. The second-order valence-corrected chi connectivity index (χ2v) is 5.71. The standard InChI is InChI=1S/C14H14BrN3O4/c1-3-7-8(5-18(2)6-11(19)20)12-10(4-9(7)15)16-13(21)14(22)17-12/h3-4H,1,5-6H2,2H3,(H,16,21)(H,17,22)(H,19,20). The Kier molecular flexibility index (Phi) is 4.62. The number of hydrogen-bond acceptors (Lipinski definition) is 4. The Morgan fingerprint density at radius 1 is 1.41 bits per heavy atom. The molecule has 2 aromatic rings. The maximum atomic E-state index is 11.6. The number of aliphatic carboxylic acids is 1. The van der Waals surface area contributed by atoms with Crippen LogP contribution in [0.15, 0.2) is 26.7 Å². The Morgan fingerprint density at radius 3 is 2.64 bits per heavy atom. The van der Waals surface area contributed by atoms with Crippen molar-refractivity contribution in [1.29, 1.82) is 0 Å². The van der Waals surface area contributed by atoms with Crippen molar-refractivity contribution in [3.05, 3.63) is 49.0 Å². The number of likely N-dealkylation sites (N-methyl/N-ethyl adjacent to an activating group) is 1. The van der Waals surface area contributed by atoms with Gasteiger partial charge in [0.2, 0.25) is 0 Å². The lowest BCUT2D eigenvalue weighted by molar-refractivity contribution is -0.138. The van der Waals surface area contributed by atoms with Gasteiger partial charge in [0.15, 0.2) is 0 Å². The van der Waals surface area contributed by atoms with E-state index in [4.69, 9.17) is 5.11 Å². The summed E-state index contributed by atoms with van der Waals surface area (Å²) in [5.74, 6) is -0.955. The average Bonchev–Trinajstić information content (AvgIpc) is 2.40. The highest BCUT2D eigenvalue weighted by Gasteiger charge is 2.15. The summed E-state index contributed by atoms with van der Waals surface area (Å²) in [5.41, 5.74) is 0.826. The summed E-state index contributed by atoms with van der Waals surface area (Å²) < 4.78 is 0.691. The fraction of sp³-hybridized carbons (Fsp3) is 0.214. The van der Waals surface area contributed by atoms with Crippen molar-refractivity contribution < 1.29 is 9.90 Å². The highest BCUT2D eigenvalue weighted by atomic mass is 79.9. The second kappa shape index (κ2) is 6.29.